The zero-order chi connectivity index (χ0) is 15.7. The Balaban J connectivity index is 1.37. The van der Waals surface area contributed by atoms with Gasteiger partial charge in [-0.2, -0.15) is 0 Å². The van der Waals surface area contributed by atoms with Gasteiger partial charge in [0.15, 0.2) is 0 Å². The van der Waals surface area contributed by atoms with E-state index in [2.05, 4.69) is 15.3 Å². The van der Waals surface area contributed by atoms with Crippen LogP contribution < -0.4 is 10.1 Å². The number of rotatable bonds is 8. The van der Waals surface area contributed by atoms with Gasteiger partial charge < -0.3 is 10.1 Å². The molecule has 4 nitrogen and oxygen atoms in total. The van der Waals surface area contributed by atoms with E-state index in [1.807, 2.05) is 54.6 Å². The molecule has 0 spiro atoms. The van der Waals surface area contributed by atoms with Crippen LogP contribution in [0.15, 0.2) is 60.9 Å². The van der Waals surface area contributed by atoms with E-state index >= 15 is 0 Å². The summed E-state index contributed by atoms with van der Waals surface area (Å²) >= 11 is 0. The number of aromatic nitrogens is 2. The fraction of sp³-hybridized carbons (Fsp3) is 0.263. The minimum atomic E-state index is 0.764. The first-order valence-electron chi connectivity index (χ1n) is 8.05. The normalized spacial score (nSPS) is 10.6. The highest BCUT2D eigenvalue weighted by atomic mass is 16.5. The summed E-state index contributed by atoms with van der Waals surface area (Å²) in [6, 6.07) is 18.0. The van der Waals surface area contributed by atoms with Crippen molar-refractivity contribution in [1.29, 1.82) is 0 Å². The van der Waals surface area contributed by atoms with E-state index in [9.17, 15) is 0 Å². The maximum absolute atomic E-state index is 5.69. The number of hydrogen-bond donors (Lipinski definition) is 1. The lowest BCUT2D eigenvalue weighted by Crippen LogP contribution is -2.05. The number of nitrogens with zero attached hydrogens (tertiary/aromatic N) is 2. The fourth-order valence-electron chi connectivity index (χ4n) is 2.46. The number of unbranched alkanes of at least 4 members (excludes halogenated alkanes) is 2. The first-order chi connectivity index (χ1) is 11.4. The molecular weight excluding hydrogens is 286 g/mol. The number of ether oxygens (including phenoxy) is 1. The summed E-state index contributed by atoms with van der Waals surface area (Å²) in [5.41, 5.74) is 0.973. The quantitative estimate of drug-likeness (QED) is 0.631. The summed E-state index contributed by atoms with van der Waals surface area (Å²) in [5, 5.41) is 4.48. The lowest BCUT2D eigenvalue weighted by Gasteiger charge is -2.08. The third-order valence-electron chi connectivity index (χ3n) is 3.67. The molecule has 23 heavy (non-hydrogen) atoms. The molecule has 1 N–H and O–H groups in total. The largest absolute Gasteiger partial charge is 0.494 e. The van der Waals surface area contributed by atoms with Crippen LogP contribution in [0.5, 0.6) is 5.75 Å². The lowest BCUT2D eigenvalue weighted by atomic mass is 10.2. The summed E-state index contributed by atoms with van der Waals surface area (Å²) in [6.45, 7) is 1.67. The second-order valence-electron chi connectivity index (χ2n) is 5.39. The topological polar surface area (TPSA) is 47.0 Å². The molecule has 2 aromatic carbocycles. The van der Waals surface area contributed by atoms with Gasteiger partial charge in [0.05, 0.1) is 12.1 Å². The lowest BCUT2D eigenvalue weighted by molar-refractivity contribution is 0.306. The zero-order valence-electron chi connectivity index (χ0n) is 13.1. The van der Waals surface area contributed by atoms with E-state index in [1.54, 1.807) is 6.33 Å². The highest BCUT2D eigenvalue weighted by Gasteiger charge is 2.01. The molecule has 0 amide bonds. The highest BCUT2D eigenvalue weighted by Crippen LogP contribution is 2.18. The number of nitrogens with one attached hydrogen (secondary N) is 1. The molecule has 1 heterocycles. The van der Waals surface area contributed by atoms with Crippen LogP contribution in [0.2, 0.25) is 0 Å². The minimum Gasteiger partial charge on any atom is -0.494 e. The number of hydrogen-bond acceptors (Lipinski definition) is 4. The fourth-order valence-corrected chi connectivity index (χ4v) is 2.46. The number of anilines is 1. The van der Waals surface area contributed by atoms with E-state index in [0.717, 1.165) is 54.9 Å². The van der Waals surface area contributed by atoms with Crippen LogP contribution in [0.3, 0.4) is 0 Å². The average Bonchev–Trinajstić information content (AvgIpc) is 2.62. The van der Waals surface area contributed by atoms with E-state index in [0.29, 0.717) is 0 Å². The van der Waals surface area contributed by atoms with Gasteiger partial charge in [0.1, 0.15) is 17.9 Å². The third-order valence-corrected chi connectivity index (χ3v) is 3.67. The molecule has 0 atom stereocenters. The van der Waals surface area contributed by atoms with E-state index < -0.39 is 0 Å². The first-order valence-corrected chi connectivity index (χ1v) is 8.05. The van der Waals surface area contributed by atoms with Gasteiger partial charge in [0.2, 0.25) is 0 Å². The predicted molar refractivity (Wildman–Crippen MR) is 93.8 cm³/mol. The van der Waals surface area contributed by atoms with Crippen molar-refractivity contribution >= 4 is 16.7 Å². The number of fused-ring (bicyclic) bond motifs is 1. The maximum atomic E-state index is 5.69. The SMILES string of the molecule is c1ccc(OCCCCCNc2ncnc3ccccc23)cc1. The van der Waals surface area contributed by atoms with Gasteiger partial charge in [-0.15, -0.1) is 0 Å². The average molecular weight is 307 g/mol. The predicted octanol–water partition coefficient (Wildman–Crippen LogP) is 4.29. The maximum Gasteiger partial charge on any atom is 0.137 e. The Bertz CT molecular complexity index is 726. The molecule has 1 aromatic heterocycles. The van der Waals surface area contributed by atoms with Crippen LogP contribution in [-0.4, -0.2) is 23.1 Å². The summed E-state index contributed by atoms with van der Waals surface area (Å²) in [4.78, 5) is 8.61. The van der Waals surface area contributed by atoms with Crippen molar-refractivity contribution in [1.82, 2.24) is 9.97 Å². The Kier molecular flexibility index (Phi) is 5.40. The second-order valence-corrected chi connectivity index (χ2v) is 5.39. The summed E-state index contributed by atoms with van der Waals surface area (Å²) < 4.78 is 5.69. The van der Waals surface area contributed by atoms with E-state index in [1.165, 1.54) is 0 Å². The van der Waals surface area contributed by atoms with Crippen LogP contribution in [0, 0.1) is 0 Å². The molecule has 4 heteroatoms. The van der Waals surface area contributed by atoms with Gasteiger partial charge in [-0.1, -0.05) is 30.3 Å². The van der Waals surface area contributed by atoms with Crippen LogP contribution in [-0.2, 0) is 0 Å². The van der Waals surface area contributed by atoms with E-state index in [4.69, 9.17) is 4.74 Å². The monoisotopic (exact) mass is 307 g/mol. The van der Waals surface area contributed by atoms with Crippen LogP contribution in [0.25, 0.3) is 10.9 Å². The summed E-state index contributed by atoms with van der Waals surface area (Å²) in [6.07, 6.45) is 4.89. The smallest absolute Gasteiger partial charge is 0.137 e. The number of benzene rings is 2. The Hall–Kier alpha value is -2.62. The molecular formula is C19H21N3O. The summed E-state index contributed by atoms with van der Waals surface area (Å²) in [7, 11) is 0. The standard InChI is InChI=1S/C19H21N3O/c1-3-9-16(10-4-1)23-14-8-2-7-13-20-19-17-11-5-6-12-18(17)21-15-22-19/h1,3-6,9-12,15H,2,7-8,13-14H2,(H,20,21,22). The van der Waals surface area contributed by atoms with Crippen molar-refractivity contribution < 1.29 is 4.74 Å². The van der Waals surface area contributed by atoms with Crippen molar-refractivity contribution in [3.05, 3.63) is 60.9 Å². The molecule has 3 rings (SSSR count). The van der Waals surface area contributed by atoms with Crippen LogP contribution in [0.4, 0.5) is 5.82 Å². The molecule has 0 fully saturated rings. The van der Waals surface area contributed by atoms with Crippen molar-refractivity contribution in [2.75, 3.05) is 18.5 Å². The Morgan fingerprint density at radius 3 is 2.57 bits per heavy atom. The molecule has 0 aliphatic carbocycles. The molecule has 0 aliphatic heterocycles. The van der Waals surface area contributed by atoms with Gasteiger partial charge >= 0.3 is 0 Å². The summed E-state index contributed by atoms with van der Waals surface area (Å²) in [5.74, 6) is 1.86. The van der Waals surface area contributed by atoms with Crippen molar-refractivity contribution in [2.24, 2.45) is 0 Å². The van der Waals surface area contributed by atoms with Gasteiger partial charge in [-0.05, 0) is 43.5 Å². The van der Waals surface area contributed by atoms with Gasteiger partial charge in [-0.3, -0.25) is 0 Å². The van der Waals surface area contributed by atoms with Crippen LogP contribution >= 0.6 is 0 Å². The second kappa shape index (κ2) is 8.13. The number of para-hydroxylation sites is 2. The molecule has 0 saturated carbocycles. The van der Waals surface area contributed by atoms with Crippen LogP contribution in [0.1, 0.15) is 19.3 Å². The molecule has 0 unspecified atom stereocenters. The zero-order valence-corrected chi connectivity index (χ0v) is 13.1. The molecule has 0 bridgehead atoms. The first kappa shape index (κ1) is 15.3. The van der Waals surface area contributed by atoms with Gasteiger partial charge in [0, 0.05) is 11.9 Å². The Labute approximate surface area is 136 Å². The van der Waals surface area contributed by atoms with Gasteiger partial charge in [0.25, 0.3) is 0 Å². The molecule has 3 aromatic rings. The van der Waals surface area contributed by atoms with Crippen molar-refractivity contribution in [3.8, 4) is 5.75 Å². The molecule has 118 valence electrons. The van der Waals surface area contributed by atoms with Gasteiger partial charge in [-0.25, -0.2) is 9.97 Å². The Morgan fingerprint density at radius 1 is 0.826 bits per heavy atom. The highest BCUT2D eigenvalue weighted by molar-refractivity contribution is 5.88. The molecule has 0 aliphatic rings. The van der Waals surface area contributed by atoms with Crippen molar-refractivity contribution in [2.45, 2.75) is 19.3 Å². The molecule has 0 radical (unpaired) electrons. The van der Waals surface area contributed by atoms with E-state index in [-0.39, 0.29) is 0 Å². The van der Waals surface area contributed by atoms with Crippen molar-refractivity contribution in [3.63, 3.8) is 0 Å². The Morgan fingerprint density at radius 2 is 1.65 bits per heavy atom. The third kappa shape index (κ3) is 4.42. The minimum absolute atomic E-state index is 0.764. The molecule has 0 saturated heterocycles.